The number of fused-ring (bicyclic) bond motifs is 1. The number of imide groups is 1. The second-order valence-corrected chi connectivity index (χ2v) is 6.37. The third-order valence-electron chi connectivity index (χ3n) is 3.48. The molecule has 0 N–H and O–H groups in total. The summed E-state index contributed by atoms with van der Waals surface area (Å²) in [5, 5.41) is 0. The average molecular weight is 407 g/mol. The number of halogens is 2. The summed E-state index contributed by atoms with van der Waals surface area (Å²) in [5.41, 5.74) is 0.681. The quantitative estimate of drug-likeness (QED) is 0.484. The number of carbonyl (C=O) groups is 2. The monoisotopic (exact) mass is 405 g/mol. The van der Waals surface area contributed by atoms with Crippen molar-refractivity contribution in [3.63, 3.8) is 0 Å². The van der Waals surface area contributed by atoms with E-state index in [4.69, 9.17) is 4.42 Å². The van der Waals surface area contributed by atoms with Crippen molar-refractivity contribution in [1.29, 1.82) is 0 Å². The lowest BCUT2D eigenvalue weighted by molar-refractivity contribution is 0.0647. The average Bonchev–Trinajstić information content (AvgIpc) is 2.84. The van der Waals surface area contributed by atoms with Gasteiger partial charge < -0.3 is 4.42 Å². The van der Waals surface area contributed by atoms with Crippen molar-refractivity contribution in [3.05, 3.63) is 20.5 Å². The van der Waals surface area contributed by atoms with Gasteiger partial charge >= 0.3 is 0 Å². The zero-order valence-corrected chi connectivity index (χ0v) is 14.5. The number of rotatable bonds is 7. The Kier molecular flexibility index (Phi) is 5.43. The molecule has 1 aromatic heterocycles. The molecule has 0 bridgehead atoms. The molecule has 0 spiro atoms. The van der Waals surface area contributed by atoms with Gasteiger partial charge in [0.2, 0.25) is 0 Å². The molecule has 0 aliphatic carbocycles. The maximum absolute atomic E-state index is 12.2. The molecule has 2 amide bonds. The van der Waals surface area contributed by atoms with Crippen LogP contribution in [0.3, 0.4) is 0 Å². The van der Waals surface area contributed by atoms with E-state index in [0.29, 0.717) is 27.0 Å². The Balaban J connectivity index is 1.91. The Morgan fingerprint density at radius 2 is 1.40 bits per heavy atom. The Labute approximate surface area is 135 Å². The van der Waals surface area contributed by atoms with Crippen LogP contribution < -0.4 is 0 Å². The summed E-state index contributed by atoms with van der Waals surface area (Å²) >= 11 is 6.35. The van der Waals surface area contributed by atoms with Crippen LogP contribution in [-0.4, -0.2) is 23.3 Å². The van der Waals surface area contributed by atoms with Gasteiger partial charge in [0, 0.05) is 6.54 Å². The minimum Gasteiger partial charge on any atom is -0.441 e. The zero-order chi connectivity index (χ0) is 14.7. The van der Waals surface area contributed by atoms with Gasteiger partial charge in [0.15, 0.2) is 9.34 Å². The van der Waals surface area contributed by atoms with Gasteiger partial charge in [0.1, 0.15) is 11.1 Å². The summed E-state index contributed by atoms with van der Waals surface area (Å²) in [4.78, 5) is 25.7. The van der Waals surface area contributed by atoms with Crippen LogP contribution in [0.25, 0.3) is 0 Å². The summed E-state index contributed by atoms with van der Waals surface area (Å²) in [6, 6.07) is 0. The van der Waals surface area contributed by atoms with Crippen LogP contribution in [0.15, 0.2) is 13.8 Å². The fourth-order valence-corrected chi connectivity index (χ4v) is 3.65. The molecule has 0 saturated heterocycles. The van der Waals surface area contributed by atoms with Gasteiger partial charge in [0.25, 0.3) is 11.8 Å². The molecule has 6 heteroatoms. The Morgan fingerprint density at radius 3 is 1.95 bits per heavy atom. The van der Waals surface area contributed by atoms with Crippen LogP contribution in [0, 0.1) is 0 Å². The number of carbonyl (C=O) groups excluding carboxylic acids is 2. The van der Waals surface area contributed by atoms with Gasteiger partial charge in [-0.15, -0.1) is 0 Å². The molecule has 0 aromatic carbocycles. The lowest BCUT2D eigenvalue weighted by Gasteiger charge is -2.13. The van der Waals surface area contributed by atoms with Gasteiger partial charge in [-0.05, 0) is 38.3 Å². The molecule has 0 unspecified atom stereocenters. The van der Waals surface area contributed by atoms with Gasteiger partial charge in [0.05, 0.1) is 0 Å². The number of unbranched alkanes of at least 4 members (excludes halogenated alkanes) is 5. The van der Waals surface area contributed by atoms with Gasteiger partial charge in [-0.1, -0.05) is 39.0 Å². The van der Waals surface area contributed by atoms with Crippen LogP contribution in [0.5, 0.6) is 0 Å². The van der Waals surface area contributed by atoms with Crippen molar-refractivity contribution in [1.82, 2.24) is 4.90 Å². The minimum atomic E-state index is -0.264. The van der Waals surface area contributed by atoms with E-state index in [1.807, 2.05) is 0 Å². The van der Waals surface area contributed by atoms with Crippen molar-refractivity contribution in [2.75, 3.05) is 6.54 Å². The smallest absolute Gasteiger partial charge is 0.266 e. The predicted molar refractivity (Wildman–Crippen MR) is 82.9 cm³/mol. The molecule has 0 radical (unpaired) electrons. The molecular weight excluding hydrogens is 390 g/mol. The van der Waals surface area contributed by atoms with Gasteiger partial charge in [-0.2, -0.15) is 0 Å². The Hall–Kier alpha value is -0.620. The Bertz CT molecular complexity index is 488. The number of amides is 2. The van der Waals surface area contributed by atoms with Crippen molar-refractivity contribution in [2.45, 2.75) is 45.4 Å². The molecule has 1 aliphatic heterocycles. The number of hydrogen-bond acceptors (Lipinski definition) is 3. The summed E-state index contributed by atoms with van der Waals surface area (Å²) in [5.74, 6) is -0.528. The molecule has 20 heavy (non-hydrogen) atoms. The first kappa shape index (κ1) is 15.8. The van der Waals surface area contributed by atoms with E-state index >= 15 is 0 Å². The van der Waals surface area contributed by atoms with Crippen molar-refractivity contribution < 1.29 is 14.0 Å². The van der Waals surface area contributed by atoms with Crippen LogP contribution >= 0.6 is 31.9 Å². The zero-order valence-electron chi connectivity index (χ0n) is 11.4. The van der Waals surface area contributed by atoms with E-state index in [9.17, 15) is 9.59 Å². The molecule has 4 nitrogen and oxygen atoms in total. The van der Waals surface area contributed by atoms with Gasteiger partial charge in [-0.25, -0.2) is 0 Å². The summed E-state index contributed by atoms with van der Waals surface area (Å²) in [6.45, 7) is 2.66. The molecule has 0 fully saturated rings. The molecule has 110 valence electrons. The highest BCUT2D eigenvalue weighted by Gasteiger charge is 2.41. The van der Waals surface area contributed by atoms with E-state index in [2.05, 4.69) is 38.8 Å². The van der Waals surface area contributed by atoms with Crippen LogP contribution in [0.4, 0.5) is 0 Å². The fourth-order valence-electron chi connectivity index (χ4n) is 2.37. The normalized spacial score (nSPS) is 14.2. The molecule has 2 rings (SSSR count). The second-order valence-electron chi connectivity index (χ2n) is 4.93. The second kappa shape index (κ2) is 6.89. The highest BCUT2D eigenvalue weighted by Crippen LogP contribution is 2.37. The van der Waals surface area contributed by atoms with E-state index < -0.39 is 0 Å². The standard InChI is InChI=1S/C14H17Br2NO3/c1-2-3-4-5-6-7-8-17-13(18)9-10(14(17)19)12(16)20-11(9)15/h2-8H2,1H3. The third kappa shape index (κ3) is 3.01. The highest BCUT2D eigenvalue weighted by atomic mass is 79.9. The number of hydrogen-bond donors (Lipinski definition) is 0. The summed E-state index contributed by atoms with van der Waals surface area (Å²) < 4.78 is 5.86. The van der Waals surface area contributed by atoms with Crippen LogP contribution in [0.2, 0.25) is 0 Å². The van der Waals surface area contributed by atoms with E-state index in [1.54, 1.807) is 0 Å². The van der Waals surface area contributed by atoms with Crippen molar-refractivity contribution >= 4 is 43.7 Å². The molecule has 0 atom stereocenters. The van der Waals surface area contributed by atoms with E-state index in [-0.39, 0.29) is 11.8 Å². The predicted octanol–water partition coefficient (Wildman–Crippen LogP) is 4.76. The molecule has 1 aromatic rings. The van der Waals surface area contributed by atoms with Crippen LogP contribution in [-0.2, 0) is 0 Å². The molecule has 2 heterocycles. The largest absolute Gasteiger partial charge is 0.441 e. The van der Waals surface area contributed by atoms with Crippen LogP contribution in [0.1, 0.15) is 66.2 Å². The van der Waals surface area contributed by atoms with E-state index in [1.165, 1.54) is 24.2 Å². The lowest BCUT2D eigenvalue weighted by atomic mass is 10.1. The number of furan rings is 1. The summed E-state index contributed by atoms with van der Waals surface area (Å²) in [6.07, 6.45) is 6.75. The molecule has 0 saturated carbocycles. The highest BCUT2D eigenvalue weighted by molar-refractivity contribution is 9.11. The molecule has 1 aliphatic rings. The summed E-state index contributed by atoms with van der Waals surface area (Å²) in [7, 11) is 0. The first-order valence-corrected chi connectivity index (χ1v) is 8.50. The first-order chi connectivity index (χ1) is 9.57. The van der Waals surface area contributed by atoms with E-state index in [0.717, 1.165) is 19.3 Å². The third-order valence-corrected chi connectivity index (χ3v) is 4.59. The minimum absolute atomic E-state index is 0.264. The lowest BCUT2D eigenvalue weighted by Crippen LogP contribution is -2.31. The van der Waals surface area contributed by atoms with Crippen molar-refractivity contribution in [2.24, 2.45) is 0 Å². The molecular formula is C14H17Br2NO3. The maximum atomic E-state index is 12.2. The van der Waals surface area contributed by atoms with Crippen molar-refractivity contribution in [3.8, 4) is 0 Å². The topological polar surface area (TPSA) is 50.5 Å². The first-order valence-electron chi connectivity index (χ1n) is 6.92. The maximum Gasteiger partial charge on any atom is 0.266 e. The van der Waals surface area contributed by atoms with Gasteiger partial charge in [-0.3, -0.25) is 14.5 Å². The Morgan fingerprint density at radius 1 is 0.900 bits per heavy atom. The SMILES string of the molecule is CCCCCCCCN1C(=O)c2c(Br)oc(Br)c2C1=O. The fraction of sp³-hybridized carbons (Fsp3) is 0.571. The number of nitrogens with zero attached hydrogens (tertiary/aromatic N) is 1.